The molecule has 0 bridgehead atoms. The van der Waals surface area contributed by atoms with Gasteiger partial charge in [-0.15, -0.1) is 22.7 Å². The summed E-state index contributed by atoms with van der Waals surface area (Å²) in [5.74, 6) is -0.136. The van der Waals surface area contributed by atoms with Crippen LogP contribution in [-0.2, 0) is 47.4 Å². The van der Waals surface area contributed by atoms with Crippen LogP contribution < -0.4 is 0 Å². The minimum absolute atomic E-state index is 0. The van der Waals surface area contributed by atoms with Crippen LogP contribution in [0.5, 0.6) is 0 Å². The third-order valence-corrected chi connectivity index (χ3v) is 15.1. The average Bonchev–Trinajstić information content (AvgIpc) is 4.21. The average molecular weight is 1100 g/mol. The highest BCUT2D eigenvalue weighted by Gasteiger charge is 2.39. The van der Waals surface area contributed by atoms with Gasteiger partial charge in [0.05, 0.1) is 63.9 Å². The van der Waals surface area contributed by atoms with Gasteiger partial charge < -0.3 is 18.9 Å². The molecule has 2 aromatic carbocycles. The van der Waals surface area contributed by atoms with E-state index in [1.807, 2.05) is 0 Å². The number of nitrogens with zero attached hydrogens (tertiary/aromatic N) is 10. The van der Waals surface area contributed by atoms with Crippen LogP contribution in [0.3, 0.4) is 0 Å². The summed E-state index contributed by atoms with van der Waals surface area (Å²) >= 11 is 2.16. The standard InChI is InChI=1S/2C24H19F6N5OS.CH4/c25-23(26,27)16-7-15(8-17(9-16)24(28,29)30)22-32-11-20(37-22)14-2-5-34(6-3-14)21(36)12-35-13-33-18-10-31-4-1-19(18)35;25-23(26,27)16-7-15(8-17(9-16)24(28,29)30)22-32-11-20(37-22)14-2-5-34(6-3-14)21(36)12-35-13-33-18-1-4-31-10-19(18)35;/h2*1,4,7-11,13-14H,2-3,5-6,12H2;1H4. The van der Waals surface area contributed by atoms with Crippen LogP contribution in [0.1, 0.15) is 77.0 Å². The number of fused-ring (bicyclic) bond motifs is 2. The van der Waals surface area contributed by atoms with E-state index in [1.54, 1.807) is 68.5 Å². The monoisotopic (exact) mass is 1090 g/mol. The summed E-state index contributed by atoms with van der Waals surface area (Å²) in [6, 6.07) is 6.51. The molecule has 8 heterocycles. The van der Waals surface area contributed by atoms with E-state index >= 15 is 0 Å². The van der Waals surface area contributed by atoms with Gasteiger partial charge in [0.15, 0.2) is 0 Å². The second kappa shape index (κ2) is 21.3. The number of rotatable bonds is 8. The van der Waals surface area contributed by atoms with Gasteiger partial charge in [0, 0.05) is 71.8 Å². The molecule has 0 saturated carbocycles. The highest BCUT2D eigenvalue weighted by atomic mass is 32.1. The molecule has 0 atom stereocenters. The van der Waals surface area contributed by atoms with Gasteiger partial charge in [0.25, 0.3) is 0 Å². The maximum atomic E-state index is 13.2. The third kappa shape index (κ3) is 12.4. The zero-order valence-corrected chi connectivity index (χ0v) is 39.7. The number of amides is 2. The van der Waals surface area contributed by atoms with Crippen molar-refractivity contribution in [2.45, 2.75) is 82.7 Å². The Bertz CT molecular complexity index is 3020. The molecule has 6 aromatic heterocycles. The van der Waals surface area contributed by atoms with Gasteiger partial charge in [0.1, 0.15) is 28.6 Å². The van der Waals surface area contributed by atoms with Crippen molar-refractivity contribution in [2.75, 3.05) is 26.2 Å². The van der Waals surface area contributed by atoms with Crippen LogP contribution in [0.2, 0.25) is 0 Å². The van der Waals surface area contributed by atoms with Crippen molar-refractivity contribution in [3.63, 3.8) is 0 Å². The number of imidazole rings is 2. The number of pyridine rings is 2. The Morgan fingerprint density at radius 2 is 0.880 bits per heavy atom. The molecule has 0 radical (unpaired) electrons. The zero-order valence-electron chi connectivity index (χ0n) is 38.1. The van der Waals surface area contributed by atoms with E-state index in [4.69, 9.17) is 0 Å². The van der Waals surface area contributed by atoms with Crippen molar-refractivity contribution in [2.24, 2.45) is 0 Å². The van der Waals surface area contributed by atoms with Gasteiger partial charge in [-0.05, 0) is 86.1 Å². The Morgan fingerprint density at radius 3 is 1.31 bits per heavy atom. The molecule has 8 aromatic rings. The maximum Gasteiger partial charge on any atom is 0.416 e. The first kappa shape index (κ1) is 54.3. The van der Waals surface area contributed by atoms with Gasteiger partial charge in [-0.1, -0.05) is 7.43 Å². The fraction of sp³-hybridized carbons (Fsp3) is 0.347. The number of hydrogen-bond acceptors (Lipinski definition) is 10. The number of carbonyl (C=O) groups is 2. The van der Waals surface area contributed by atoms with Crippen molar-refractivity contribution in [3.05, 3.63) is 130 Å². The smallest absolute Gasteiger partial charge is 0.341 e. The van der Waals surface area contributed by atoms with Crippen LogP contribution in [0.15, 0.2) is 98.4 Å². The molecule has 2 fully saturated rings. The van der Waals surface area contributed by atoms with Gasteiger partial charge in [-0.3, -0.25) is 19.6 Å². The Balaban J connectivity index is 0.000000197. The molecule has 2 saturated heterocycles. The lowest BCUT2D eigenvalue weighted by molar-refractivity contribution is -0.144. The predicted octanol–water partition coefficient (Wildman–Crippen LogP) is 12.6. The van der Waals surface area contributed by atoms with E-state index in [1.165, 1.54) is 12.4 Å². The molecule has 396 valence electrons. The summed E-state index contributed by atoms with van der Waals surface area (Å²) < 4.78 is 162. The van der Waals surface area contributed by atoms with E-state index < -0.39 is 47.0 Å². The highest BCUT2D eigenvalue weighted by Crippen LogP contribution is 2.43. The Morgan fingerprint density at radius 1 is 0.493 bits per heavy atom. The summed E-state index contributed by atoms with van der Waals surface area (Å²) in [6.07, 6.45) is -4.55. The molecular formula is C49H42F12N10O2S2. The van der Waals surface area contributed by atoms with Gasteiger partial charge in [-0.25, -0.2) is 19.9 Å². The lowest BCUT2D eigenvalue weighted by Gasteiger charge is -2.31. The number of halogens is 12. The molecule has 10 rings (SSSR count). The Kier molecular flexibility index (Phi) is 15.5. The molecule has 26 heteroatoms. The van der Waals surface area contributed by atoms with E-state index in [0.29, 0.717) is 81.6 Å². The lowest BCUT2D eigenvalue weighted by Crippen LogP contribution is -2.39. The van der Waals surface area contributed by atoms with Crippen LogP contribution >= 0.6 is 22.7 Å². The second-order valence-electron chi connectivity index (χ2n) is 17.5. The van der Waals surface area contributed by atoms with Crippen LogP contribution in [-0.4, -0.2) is 86.8 Å². The molecule has 0 unspecified atom stereocenters. The number of likely N-dealkylation sites (tertiary alicyclic amines) is 2. The van der Waals surface area contributed by atoms with Crippen molar-refractivity contribution >= 4 is 56.6 Å². The summed E-state index contributed by atoms with van der Waals surface area (Å²) in [6.45, 7) is 2.16. The number of thiazole rings is 2. The number of aromatic nitrogens is 8. The van der Waals surface area contributed by atoms with E-state index in [2.05, 4.69) is 29.9 Å². The normalized spacial score (nSPS) is 15.3. The van der Waals surface area contributed by atoms with Crippen molar-refractivity contribution in [1.82, 2.24) is 48.8 Å². The van der Waals surface area contributed by atoms with E-state index in [-0.39, 0.29) is 77.4 Å². The first-order valence-corrected chi connectivity index (χ1v) is 24.2. The fourth-order valence-electron chi connectivity index (χ4n) is 8.76. The second-order valence-corrected chi connectivity index (χ2v) is 19.6. The fourth-order valence-corrected chi connectivity index (χ4v) is 10.9. The predicted molar refractivity (Wildman–Crippen MR) is 254 cm³/mol. The SMILES string of the molecule is C.O=C(Cn1cnc2ccncc21)N1CCC(c2cnc(-c3cc(C(F)(F)F)cc(C(F)(F)F)c3)s2)CC1.O=C(Cn1cnc2cnccc21)N1CCC(c2cnc(-c3cc(C(F)(F)F)cc(C(F)(F)F)c3)s2)CC1. The topological polar surface area (TPSA) is 128 Å². The first-order chi connectivity index (χ1) is 35.0. The number of piperidine rings is 2. The highest BCUT2D eigenvalue weighted by molar-refractivity contribution is 7.15. The van der Waals surface area contributed by atoms with Crippen LogP contribution in [0.25, 0.3) is 43.2 Å². The number of benzene rings is 2. The quantitative estimate of drug-likeness (QED) is 0.138. The summed E-state index contributed by atoms with van der Waals surface area (Å²) in [5, 5.41) is 0.178. The molecule has 12 nitrogen and oxygen atoms in total. The molecule has 2 aliphatic rings. The Hall–Kier alpha value is -6.96. The van der Waals surface area contributed by atoms with Crippen molar-refractivity contribution in [1.29, 1.82) is 0 Å². The molecule has 0 aliphatic carbocycles. The van der Waals surface area contributed by atoms with Crippen molar-refractivity contribution < 1.29 is 62.3 Å². The first-order valence-electron chi connectivity index (χ1n) is 22.5. The number of alkyl halides is 12. The summed E-state index contributed by atoms with van der Waals surface area (Å²) in [7, 11) is 0. The maximum absolute atomic E-state index is 13.2. The van der Waals surface area contributed by atoms with Gasteiger partial charge in [-0.2, -0.15) is 52.7 Å². The lowest BCUT2D eigenvalue weighted by atomic mass is 9.96. The Labute approximate surface area is 426 Å². The molecule has 2 aliphatic heterocycles. The minimum Gasteiger partial charge on any atom is -0.341 e. The van der Waals surface area contributed by atoms with Gasteiger partial charge in [0.2, 0.25) is 11.8 Å². The molecule has 0 spiro atoms. The van der Waals surface area contributed by atoms with E-state index in [9.17, 15) is 62.3 Å². The number of hydrogen-bond donors (Lipinski definition) is 0. The third-order valence-electron chi connectivity index (χ3n) is 12.7. The minimum atomic E-state index is -4.92. The van der Waals surface area contributed by atoms with Crippen LogP contribution in [0.4, 0.5) is 52.7 Å². The van der Waals surface area contributed by atoms with Crippen molar-refractivity contribution in [3.8, 4) is 21.1 Å². The zero-order chi connectivity index (χ0) is 52.7. The molecule has 75 heavy (non-hydrogen) atoms. The molecule has 0 N–H and O–H groups in total. The summed E-state index contributed by atoms with van der Waals surface area (Å²) in [5.41, 5.74) is -2.95. The van der Waals surface area contributed by atoms with Crippen LogP contribution in [0, 0.1) is 0 Å². The van der Waals surface area contributed by atoms with Gasteiger partial charge >= 0.3 is 24.7 Å². The largest absolute Gasteiger partial charge is 0.416 e. The van der Waals surface area contributed by atoms with E-state index in [0.717, 1.165) is 49.0 Å². The molecular weight excluding hydrogens is 1050 g/mol. The molecule has 2 amide bonds. The summed E-state index contributed by atoms with van der Waals surface area (Å²) in [4.78, 5) is 55.5. The number of carbonyl (C=O) groups excluding carboxylic acids is 2.